The fourth-order valence-corrected chi connectivity index (χ4v) is 6.98. The lowest BCUT2D eigenvalue weighted by atomic mass is 9.55. The number of rotatable bonds is 5. The van der Waals surface area contributed by atoms with Gasteiger partial charge in [-0.05, 0) is 72.0 Å². The van der Waals surface area contributed by atoms with Crippen LogP contribution in [-0.4, -0.2) is 50.8 Å². The molecule has 4 fully saturated rings. The van der Waals surface area contributed by atoms with Crippen molar-refractivity contribution >= 4 is 20.1 Å². The van der Waals surface area contributed by atoms with Crippen molar-refractivity contribution in [2.75, 3.05) is 6.61 Å². The largest absolute Gasteiger partial charge is 0.465 e. The molecule has 1 heterocycles. The molecule has 0 unspecified atom stereocenters. The first kappa shape index (κ1) is 26.8. The zero-order chi connectivity index (χ0) is 25.1. The molecule has 1 saturated heterocycles. The number of ether oxygens (including phenoxy) is 3. The number of ketones is 1. The maximum atomic E-state index is 13.2. The average Bonchev–Trinajstić information content (AvgIpc) is 2.90. The van der Waals surface area contributed by atoms with E-state index in [2.05, 4.69) is 33.9 Å². The van der Waals surface area contributed by atoms with E-state index < -0.39 is 19.5 Å². The minimum Gasteiger partial charge on any atom is -0.465 e. The Labute approximate surface area is 201 Å². The number of Topliss-reactive ketones (excluding diaryl/α,β-unsaturated/α-hetero) is 1. The molecule has 4 aliphatic rings. The fraction of sp³-hybridized carbons (Fsp3) is 0.923. The van der Waals surface area contributed by atoms with E-state index >= 15 is 0 Å². The van der Waals surface area contributed by atoms with Gasteiger partial charge in [0, 0.05) is 30.3 Å². The summed E-state index contributed by atoms with van der Waals surface area (Å²) in [6.45, 7) is 23.0. The van der Waals surface area contributed by atoms with E-state index in [1.807, 2.05) is 41.5 Å². The van der Waals surface area contributed by atoms with Crippen LogP contribution in [0.2, 0.25) is 18.1 Å². The van der Waals surface area contributed by atoms with Crippen molar-refractivity contribution in [3.8, 4) is 0 Å². The first-order valence-corrected chi connectivity index (χ1v) is 15.5. The van der Waals surface area contributed by atoms with Crippen LogP contribution in [0.4, 0.5) is 0 Å². The molecule has 4 rings (SSSR count). The minimum atomic E-state index is -2.02. The lowest BCUT2D eigenvalue weighted by Crippen LogP contribution is -2.61. The molecule has 33 heavy (non-hydrogen) atoms. The average molecular weight is 483 g/mol. The molecule has 0 radical (unpaired) electrons. The van der Waals surface area contributed by atoms with Crippen molar-refractivity contribution in [3.63, 3.8) is 0 Å². The monoisotopic (exact) mass is 482 g/mol. The van der Waals surface area contributed by atoms with Crippen LogP contribution in [0.3, 0.4) is 0 Å². The number of fused-ring (bicyclic) bond motifs is 3. The standard InChI is InChI=1S/C26H46O6Si/c1-15-22(31-26(8,9)30-15)21-17-13-20(32-33(10,11)25(5,6)7)16(12-19(17)27)18(21)14-29-23(28)24(2,3)4/h15-18,20-22H,12-14H2,1-11H3/t15-,16+,17-,18-,20-,21+,22+/m1/s1. The third kappa shape index (κ3) is 5.41. The van der Waals surface area contributed by atoms with Crippen LogP contribution in [-0.2, 0) is 28.2 Å². The third-order valence-corrected chi connectivity index (χ3v) is 12.8. The normalized spacial score (nSPS) is 36.8. The van der Waals surface area contributed by atoms with E-state index in [0.717, 1.165) is 6.42 Å². The van der Waals surface area contributed by atoms with Crippen molar-refractivity contribution in [2.24, 2.45) is 29.1 Å². The number of carbonyl (C=O) groups excluding carboxylic acids is 2. The van der Waals surface area contributed by atoms with Gasteiger partial charge in [-0.1, -0.05) is 20.8 Å². The second-order valence-corrected chi connectivity index (χ2v) is 18.2. The van der Waals surface area contributed by atoms with E-state index in [9.17, 15) is 9.59 Å². The maximum absolute atomic E-state index is 13.2. The lowest BCUT2D eigenvalue weighted by Gasteiger charge is -2.55. The van der Waals surface area contributed by atoms with E-state index in [1.165, 1.54) is 0 Å². The van der Waals surface area contributed by atoms with Crippen LogP contribution < -0.4 is 0 Å². The quantitative estimate of drug-likeness (QED) is 0.389. The van der Waals surface area contributed by atoms with Crippen molar-refractivity contribution in [3.05, 3.63) is 0 Å². The van der Waals surface area contributed by atoms with Crippen molar-refractivity contribution in [2.45, 2.75) is 117 Å². The molecule has 0 aromatic heterocycles. The van der Waals surface area contributed by atoms with Gasteiger partial charge in [0.2, 0.25) is 0 Å². The van der Waals surface area contributed by atoms with Crippen LogP contribution in [0.25, 0.3) is 0 Å². The molecule has 190 valence electrons. The van der Waals surface area contributed by atoms with Crippen LogP contribution in [0.15, 0.2) is 0 Å². The molecule has 0 aromatic rings. The lowest BCUT2D eigenvalue weighted by molar-refractivity contribution is -0.184. The summed E-state index contributed by atoms with van der Waals surface area (Å²) in [5.41, 5.74) is -0.571. The van der Waals surface area contributed by atoms with Crippen LogP contribution in [0.1, 0.15) is 75.2 Å². The summed E-state index contributed by atoms with van der Waals surface area (Å²) in [6, 6.07) is 0. The predicted octanol–water partition coefficient (Wildman–Crippen LogP) is 5.35. The van der Waals surface area contributed by atoms with Gasteiger partial charge in [0.05, 0.1) is 24.2 Å². The molecule has 0 N–H and O–H groups in total. The summed E-state index contributed by atoms with van der Waals surface area (Å²) in [5, 5.41) is 0.0856. The zero-order valence-corrected chi connectivity index (χ0v) is 23.6. The first-order chi connectivity index (χ1) is 14.8. The Kier molecular flexibility index (Phi) is 7.09. The van der Waals surface area contributed by atoms with Crippen LogP contribution in [0.5, 0.6) is 0 Å². The van der Waals surface area contributed by atoms with Crippen molar-refractivity contribution in [1.82, 2.24) is 0 Å². The highest BCUT2D eigenvalue weighted by Gasteiger charge is 2.60. The molecule has 7 heteroatoms. The molecule has 7 atom stereocenters. The van der Waals surface area contributed by atoms with E-state index in [-0.39, 0.29) is 53.0 Å². The van der Waals surface area contributed by atoms with Gasteiger partial charge in [0.1, 0.15) is 5.78 Å². The number of esters is 1. The Hall–Kier alpha value is -0.763. The Morgan fingerprint density at radius 3 is 2.21 bits per heavy atom. The van der Waals surface area contributed by atoms with E-state index in [0.29, 0.717) is 18.8 Å². The summed E-state index contributed by atoms with van der Waals surface area (Å²) >= 11 is 0. The number of carbonyl (C=O) groups is 2. The topological polar surface area (TPSA) is 71.1 Å². The van der Waals surface area contributed by atoms with Gasteiger partial charge in [-0.25, -0.2) is 0 Å². The van der Waals surface area contributed by atoms with Crippen molar-refractivity contribution in [1.29, 1.82) is 0 Å². The molecular formula is C26H46O6Si. The summed E-state index contributed by atoms with van der Waals surface area (Å²) in [5.74, 6) is -0.783. The van der Waals surface area contributed by atoms with Crippen LogP contribution >= 0.6 is 0 Å². The van der Waals surface area contributed by atoms with Gasteiger partial charge in [-0.2, -0.15) is 0 Å². The zero-order valence-electron chi connectivity index (χ0n) is 22.6. The van der Waals surface area contributed by atoms with Gasteiger partial charge in [-0.15, -0.1) is 0 Å². The highest BCUT2D eigenvalue weighted by molar-refractivity contribution is 6.74. The molecular weight excluding hydrogens is 436 g/mol. The number of hydrogen-bond acceptors (Lipinski definition) is 6. The predicted molar refractivity (Wildman–Crippen MR) is 130 cm³/mol. The minimum absolute atomic E-state index is 0.00692. The van der Waals surface area contributed by atoms with E-state index in [4.69, 9.17) is 18.6 Å². The summed E-state index contributed by atoms with van der Waals surface area (Å²) in [4.78, 5) is 25.8. The highest BCUT2D eigenvalue weighted by Crippen LogP contribution is 2.54. The Morgan fingerprint density at radius 2 is 1.73 bits per heavy atom. The molecule has 3 aliphatic carbocycles. The van der Waals surface area contributed by atoms with Gasteiger partial charge < -0.3 is 18.6 Å². The molecule has 2 bridgehead atoms. The molecule has 3 saturated carbocycles. The summed E-state index contributed by atoms with van der Waals surface area (Å²) in [6.07, 6.45) is 0.886. The molecule has 0 amide bonds. The summed E-state index contributed by atoms with van der Waals surface area (Å²) < 4.78 is 25.2. The third-order valence-electron chi connectivity index (χ3n) is 8.33. The molecule has 0 spiro atoms. The Morgan fingerprint density at radius 1 is 1.12 bits per heavy atom. The van der Waals surface area contributed by atoms with Crippen LogP contribution in [0, 0.1) is 29.1 Å². The fourth-order valence-electron chi connectivity index (χ4n) is 5.60. The highest BCUT2D eigenvalue weighted by atomic mass is 28.4. The van der Waals surface area contributed by atoms with Gasteiger partial charge in [0.25, 0.3) is 0 Å². The number of hydrogen-bond donors (Lipinski definition) is 0. The second-order valence-electron chi connectivity index (χ2n) is 13.5. The molecule has 1 aliphatic heterocycles. The van der Waals surface area contributed by atoms with Gasteiger partial charge >= 0.3 is 5.97 Å². The molecule has 6 nitrogen and oxygen atoms in total. The first-order valence-electron chi connectivity index (χ1n) is 12.6. The Bertz CT molecular complexity index is 762. The van der Waals surface area contributed by atoms with Gasteiger partial charge in [0.15, 0.2) is 14.1 Å². The van der Waals surface area contributed by atoms with Gasteiger partial charge in [-0.3, -0.25) is 9.59 Å². The maximum Gasteiger partial charge on any atom is 0.311 e. The second kappa shape index (κ2) is 8.72. The SMILES string of the molecule is C[C@H]1OC(C)(C)O[C@@H]1[C@@H]1[C@H](COC(=O)C(C)(C)C)[C@@H]2CC(=O)[C@H]1C[C@H]2O[Si](C)(C)C(C)(C)C. The molecule has 0 aromatic carbocycles. The smallest absolute Gasteiger partial charge is 0.311 e. The Balaban J connectivity index is 1.92. The summed E-state index contributed by atoms with van der Waals surface area (Å²) in [7, 11) is -2.02. The van der Waals surface area contributed by atoms with Crippen molar-refractivity contribution < 1.29 is 28.2 Å². The van der Waals surface area contributed by atoms with E-state index in [1.54, 1.807) is 0 Å².